The highest BCUT2D eigenvalue weighted by molar-refractivity contribution is 7.89. The van der Waals surface area contributed by atoms with Gasteiger partial charge in [0.25, 0.3) is 21.4 Å². The molecule has 1 aromatic heterocycles. The average molecular weight is 356 g/mol. The lowest BCUT2D eigenvalue weighted by Gasteiger charge is -2.15. The summed E-state index contributed by atoms with van der Waals surface area (Å²) in [5.74, 6) is 0. The lowest BCUT2D eigenvalue weighted by Crippen LogP contribution is -2.26. The van der Waals surface area contributed by atoms with Crippen LogP contribution in [0.1, 0.15) is 10.6 Å². The summed E-state index contributed by atoms with van der Waals surface area (Å²) in [7, 11) is -4.16. The van der Waals surface area contributed by atoms with Gasteiger partial charge in [0.15, 0.2) is 4.90 Å². The standard InChI is InChI=1S/C11H8N4O6S2/c16-14(17)7-1-2-11(9(3-7)15(18)19)23(20,21)13-4-8-10(5-13)22-6-12-8/h1-3,6H,4-5H2. The minimum absolute atomic E-state index is 0.0231. The van der Waals surface area contributed by atoms with Gasteiger partial charge in [0.05, 0.1) is 40.2 Å². The smallest absolute Gasteiger partial charge is 0.258 e. The number of non-ortho nitro benzene ring substituents is 1. The van der Waals surface area contributed by atoms with Crippen molar-refractivity contribution < 1.29 is 18.3 Å². The fourth-order valence-corrected chi connectivity index (χ4v) is 4.60. The van der Waals surface area contributed by atoms with Crippen molar-refractivity contribution >= 4 is 32.7 Å². The van der Waals surface area contributed by atoms with Crippen LogP contribution in [0.5, 0.6) is 0 Å². The van der Waals surface area contributed by atoms with Crippen molar-refractivity contribution in [1.82, 2.24) is 9.29 Å². The molecule has 10 nitrogen and oxygen atoms in total. The molecule has 2 heterocycles. The number of aromatic nitrogens is 1. The number of rotatable bonds is 4. The van der Waals surface area contributed by atoms with Crippen LogP contribution >= 0.6 is 11.3 Å². The van der Waals surface area contributed by atoms with Crippen molar-refractivity contribution in [3.63, 3.8) is 0 Å². The molecule has 12 heteroatoms. The third-order valence-corrected chi connectivity index (χ3v) is 6.04. The molecule has 0 aliphatic carbocycles. The normalized spacial score (nSPS) is 14.6. The minimum atomic E-state index is -4.16. The van der Waals surface area contributed by atoms with Crippen LogP contribution in [0.3, 0.4) is 0 Å². The highest BCUT2D eigenvalue weighted by atomic mass is 32.2. The summed E-state index contributed by atoms with van der Waals surface area (Å²) in [4.78, 5) is 24.3. The monoisotopic (exact) mass is 356 g/mol. The van der Waals surface area contributed by atoms with Gasteiger partial charge in [-0.2, -0.15) is 4.31 Å². The molecule has 0 atom stereocenters. The molecule has 0 fully saturated rings. The van der Waals surface area contributed by atoms with Crippen LogP contribution in [-0.2, 0) is 23.1 Å². The minimum Gasteiger partial charge on any atom is -0.258 e. The molecule has 23 heavy (non-hydrogen) atoms. The van der Waals surface area contributed by atoms with Gasteiger partial charge in [-0.15, -0.1) is 11.3 Å². The van der Waals surface area contributed by atoms with E-state index in [4.69, 9.17) is 0 Å². The van der Waals surface area contributed by atoms with Crippen LogP contribution < -0.4 is 0 Å². The number of hydrogen-bond donors (Lipinski definition) is 0. The molecular weight excluding hydrogens is 348 g/mol. The van der Waals surface area contributed by atoms with Gasteiger partial charge in [0.1, 0.15) is 0 Å². The maximum atomic E-state index is 12.6. The molecular formula is C11H8N4O6S2. The number of nitrogens with zero attached hydrogens (tertiary/aromatic N) is 4. The van der Waals surface area contributed by atoms with Gasteiger partial charge in [0, 0.05) is 10.9 Å². The first-order chi connectivity index (χ1) is 10.8. The zero-order chi connectivity index (χ0) is 16.8. The summed E-state index contributed by atoms with van der Waals surface area (Å²) in [6.45, 7) is 0.103. The Morgan fingerprint density at radius 1 is 1.17 bits per heavy atom. The molecule has 0 spiro atoms. The largest absolute Gasteiger partial charge is 0.296 e. The molecule has 2 aromatic rings. The topological polar surface area (TPSA) is 137 Å². The Morgan fingerprint density at radius 2 is 1.91 bits per heavy atom. The molecule has 0 saturated heterocycles. The van der Waals surface area contributed by atoms with Crippen LogP contribution in [0.25, 0.3) is 0 Å². The van der Waals surface area contributed by atoms with Gasteiger partial charge in [-0.25, -0.2) is 13.4 Å². The SMILES string of the molecule is O=[N+]([O-])c1ccc(S(=O)(=O)N2Cc3ncsc3C2)c([N+](=O)[O-])c1. The Labute approximate surface area is 133 Å². The highest BCUT2D eigenvalue weighted by Gasteiger charge is 2.37. The lowest BCUT2D eigenvalue weighted by atomic mass is 10.3. The van der Waals surface area contributed by atoms with Crippen molar-refractivity contribution in [2.45, 2.75) is 18.0 Å². The van der Waals surface area contributed by atoms with E-state index < -0.39 is 36.1 Å². The van der Waals surface area contributed by atoms with E-state index in [1.165, 1.54) is 11.3 Å². The Morgan fingerprint density at radius 3 is 2.52 bits per heavy atom. The van der Waals surface area contributed by atoms with Crippen LogP contribution in [-0.4, -0.2) is 27.6 Å². The first-order valence-corrected chi connectivity index (χ1v) is 8.47. The molecule has 1 aliphatic rings. The average Bonchev–Trinajstić information content (AvgIpc) is 3.07. The molecule has 0 N–H and O–H groups in total. The second-order valence-electron chi connectivity index (χ2n) is 4.66. The van der Waals surface area contributed by atoms with E-state index in [2.05, 4.69) is 4.98 Å². The van der Waals surface area contributed by atoms with Gasteiger partial charge in [0.2, 0.25) is 0 Å². The zero-order valence-electron chi connectivity index (χ0n) is 11.3. The van der Waals surface area contributed by atoms with Crippen molar-refractivity contribution in [2.24, 2.45) is 0 Å². The Hall–Kier alpha value is -2.44. The van der Waals surface area contributed by atoms with Crippen LogP contribution in [0.4, 0.5) is 11.4 Å². The fourth-order valence-electron chi connectivity index (χ4n) is 2.22. The van der Waals surface area contributed by atoms with E-state index >= 15 is 0 Å². The third kappa shape index (κ3) is 2.56. The zero-order valence-corrected chi connectivity index (χ0v) is 12.9. The van der Waals surface area contributed by atoms with Crippen molar-refractivity contribution in [3.8, 4) is 0 Å². The predicted octanol–water partition coefficient (Wildman–Crippen LogP) is 1.66. The Kier molecular flexibility index (Phi) is 3.58. The van der Waals surface area contributed by atoms with Crippen LogP contribution in [0.2, 0.25) is 0 Å². The highest BCUT2D eigenvalue weighted by Crippen LogP contribution is 2.35. The number of nitro benzene ring substituents is 2. The number of thiazole rings is 1. The maximum absolute atomic E-state index is 12.6. The molecule has 120 valence electrons. The lowest BCUT2D eigenvalue weighted by molar-refractivity contribution is -0.396. The molecule has 1 aromatic carbocycles. The van der Waals surface area contributed by atoms with Gasteiger partial charge in [-0.3, -0.25) is 20.2 Å². The molecule has 0 saturated carbocycles. The molecule has 0 bridgehead atoms. The number of fused-ring (bicyclic) bond motifs is 1. The summed E-state index contributed by atoms with van der Waals surface area (Å²) < 4.78 is 26.3. The van der Waals surface area contributed by atoms with E-state index in [-0.39, 0.29) is 13.1 Å². The van der Waals surface area contributed by atoms with Gasteiger partial charge in [-0.05, 0) is 6.07 Å². The molecule has 0 amide bonds. The Bertz CT molecular complexity index is 902. The van der Waals surface area contributed by atoms with Gasteiger partial charge in [-0.1, -0.05) is 0 Å². The van der Waals surface area contributed by atoms with E-state index in [0.717, 1.165) is 21.3 Å². The van der Waals surface area contributed by atoms with Gasteiger partial charge >= 0.3 is 0 Å². The van der Waals surface area contributed by atoms with Crippen LogP contribution in [0.15, 0.2) is 28.6 Å². The summed E-state index contributed by atoms with van der Waals surface area (Å²) in [6, 6.07) is 2.48. The number of benzene rings is 1. The molecule has 1 aliphatic heterocycles. The number of hydrogen-bond acceptors (Lipinski definition) is 8. The second kappa shape index (κ2) is 5.33. The Balaban J connectivity index is 2.05. The number of sulfonamides is 1. The van der Waals surface area contributed by atoms with Gasteiger partial charge < -0.3 is 0 Å². The summed E-state index contributed by atoms with van der Waals surface area (Å²) in [6.07, 6.45) is 0. The molecule has 0 radical (unpaired) electrons. The molecule has 0 unspecified atom stereocenters. The van der Waals surface area contributed by atoms with E-state index in [1.807, 2.05) is 0 Å². The van der Waals surface area contributed by atoms with Crippen molar-refractivity contribution in [3.05, 3.63) is 54.5 Å². The third-order valence-electron chi connectivity index (χ3n) is 3.34. The van der Waals surface area contributed by atoms with Crippen molar-refractivity contribution in [1.29, 1.82) is 0 Å². The van der Waals surface area contributed by atoms with Crippen molar-refractivity contribution in [2.75, 3.05) is 0 Å². The quantitative estimate of drug-likeness (QED) is 0.600. The fraction of sp³-hybridized carbons (Fsp3) is 0.182. The summed E-state index contributed by atoms with van der Waals surface area (Å²) in [5, 5.41) is 21.8. The summed E-state index contributed by atoms with van der Waals surface area (Å²) in [5.41, 5.74) is 0.853. The first kappa shape index (κ1) is 15.5. The van der Waals surface area contributed by atoms with Crippen LogP contribution in [0, 0.1) is 20.2 Å². The van der Waals surface area contributed by atoms with E-state index in [1.54, 1.807) is 5.51 Å². The maximum Gasteiger partial charge on any atom is 0.296 e. The predicted molar refractivity (Wildman–Crippen MR) is 78.3 cm³/mol. The molecule has 3 rings (SSSR count). The first-order valence-electron chi connectivity index (χ1n) is 6.15. The van der Waals surface area contributed by atoms with E-state index in [9.17, 15) is 28.6 Å². The second-order valence-corrected chi connectivity index (χ2v) is 7.51. The van der Waals surface area contributed by atoms with E-state index in [0.29, 0.717) is 11.8 Å². The number of nitro groups is 2. The summed E-state index contributed by atoms with van der Waals surface area (Å²) >= 11 is 1.30.